The standard InChI is InChI=1S/C22H21ClFN7O3/c1-13-10-29(17-9-18(33-2)15(23)8-16(17)24)6-7-30(13)19(32)11-31-22-14(4-3-5-25-22)20(27-31)21-26-12-34-28-21/h3-5,8-9,12-13H,6-7,10-11H2,1-2H3. The number of piperazine rings is 1. The Bertz CT molecular complexity index is 1340. The SMILES string of the molecule is COc1cc(N2CCN(C(=O)Cn3nc(-c4ncon4)c4cccnc43)C(C)C2)c(F)cc1Cl. The molecule has 1 aliphatic heterocycles. The highest BCUT2D eigenvalue weighted by molar-refractivity contribution is 6.32. The normalized spacial score (nSPS) is 16.3. The second-order valence-electron chi connectivity index (χ2n) is 7.96. The summed E-state index contributed by atoms with van der Waals surface area (Å²) in [6, 6.07) is 6.30. The van der Waals surface area contributed by atoms with Crippen molar-refractivity contribution in [2.75, 3.05) is 31.6 Å². The van der Waals surface area contributed by atoms with Crippen LogP contribution in [0.1, 0.15) is 6.92 Å². The molecular formula is C22H21ClFN7O3. The van der Waals surface area contributed by atoms with Gasteiger partial charge in [-0.05, 0) is 25.1 Å². The van der Waals surface area contributed by atoms with Crippen LogP contribution in [0, 0.1) is 5.82 Å². The molecule has 1 aliphatic rings. The third-order valence-corrected chi connectivity index (χ3v) is 6.17. The number of halogens is 2. The average molecular weight is 486 g/mol. The molecule has 0 N–H and O–H groups in total. The Morgan fingerprint density at radius 1 is 1.32 bits per heavy atom. The van der Waals surface area contributed by atoms with Crippen molar-refractivity contribution in [2.45, 2.75) is 19.5 Å². The van der Waals surface area contributed by atoms with Crippen LogP contribution in [0.15, 0.2) is 41.4 Å². The Hall–Kier alpha value is -3.73. The smallest absolute Gasteiger partial charge is 0.244 e. The zero-order valence-electron chi connectivity index (χ0n) is 18.5. The lowest BCUT2D eigenvalue weighted by Gasteiger charge is -2.41. The number of anilines is 1. The van der Waals surface area contributed by atoms with Crippen molar-refractivity contribution in [2.24, 2.45) is 0 Å². The molecule has 0 spiro atoms. The van der Waals surface area contributed by atoms with Gasteiger partial charge in [-0.15, -0.1) is 0 Å². The summed E-state index contributed by atoms with van der Waals surface area (Å²) in [7, 11) is 1.49. The number of benzene rings is 1. The van der Waals surface area contributed by atoms with Crippen LogP contribution in [0.4, 0.5) is 10.1 Å². The van der Waals surface area contributed by atoms with Gasteiger partial charge >= 0.3 is 0 Å². The van der Waals surface area contributed by atoms with E-state index in [9.17, 15) is 9.18 Å². The molecular weight excluding hydrogens is 465 g/mol. The van der Waals surface area contributed by atoms with Crippen LogP contribution in [-0.2, 0) is 11.3 Å². The minimum absolute atomic E-state index is 0.00116. The maximum Gasteiger partial charge on any atom is 0.244 e. The topological polar surface area (TPSA) is 102 Å². The number of hydrogen-bond acceptors (Lipinski definition) is 8. The van der Waals surface area contributed by atoms with Gasteiger partial charge in [-0.1, -0.05) is 16.8 Å². The van der Waals surface area contributed by atoms with E-state index in [4.69, 9.17) is 20.9 Å². The van der Waals surface area contributed by atoms with Crippen LogP contribution < -0.4 is 9.64 Å². The van der Waals surface area contributed by atoms with Gasteiger partial charge in [0.25, 0.3) is 0 Å². The lowest BCUT2D eigenvalue weighted by atomic mass is 10.1. The van der Waals surface area contributed by atoms with E-state index < -0.39 is 5.82 Å². The zero-order chi connectivity index (χ0) is 23.8. The molecule has 1 amide bonds. The summed E-state index contributed by atoms with van der Waals surface area (Å²) in [5, 5.41) is 9.32. The highest BCUT2D eigenvalue weighted by atomic mass is 35.5. The molecule has 0 saturated carbocycles. The van der Waals surface area contributed by atoms with E-state index in [-0.39, 0.29) is 23.5 Å². The van der Waals surface area contributed by atoms with Crippen molar-refractivity contribution in [1.82, 2.24) is 29.8 Å². The predicted octanol–water partition coefficient (Wildman–Crippen LogP) is 3.02. The van der Waals surface area contributed by atoms with Crippen LogP contribution in [0.5, 0.6) is 5.75 Å². The van der Waals surface area contributed by atoms with E-state index >= 15 is 0 Å². The van der Waals surface area contributed by atoms with E-state index in [1.165, 1.54) is 19.6 Å². The first-order chi connectivity index (χ1) is 16.5. The summed E-state index contributed by atoms with van der Waals surface area (Å²) in [6.45, 7) is 3.27. The maximum atomic E-state index is 14.6. The third-order valence-electron chi connectivity index (χ3n) is 5.87. The van der Waals surface area contributed by atoms with Crippen LogP contribution in [0.2, 0.25) is 5.02 Å². The molecule has 12 heteroatoms. The van der Waals surface area contributed by atoms with Crippen molar-refractivity contribution < 1.29 is 18.4 Å². The fourth-order valence-electron chi connectivity index (χ4n) is 4.24. The first-order valence-electron chi connectivity index (χ1n) is 10.6. The number of ether oxygens (including phenoxy) is 1. The van der Waals surface area contributed by atoms with Gasteiger partial charge in [0, 0.05) is 37.9 Å². The highest BCUT2D eigenvalue weighted by Crippen LogP contribution is 2.33. The molecule has 1 unspecified atom stereocenters. The summed E-state index contributed by atoms with van der Waals surface area (Å²) in [6.07, 6.45) is 2.86. The fourth-order valence-corrected chi connectivity index (χ4v) is 4.47. The van der Waals surface area contributed by atoms with E-state index in [2.05, 4.69) is 20.2 Å². The summed E-state index contributed by atoms with van der Waals surface area (Å²) in [5.74, 6) is 0.183. The van der Waals surface area contributed by atoms with Gasteiger partial charge in [0.05, 0.1) is 23.2 Å². The van der Waals surface area contributed by atoms with Gasteiger partial charge in [-0.3, -0.25) is 4.79 Å². The van der Waals surface area contributed by atoms with Crippen molar-refractivity contribution in [3.63, 3.8) is 0 Å². The number of methoxy groups -OCH3 is 1. The summed E-state index contributed by atoms with van der Waals surface area (Å²) in [4.78, 5) is 25.3. The van der Waals surface area contributed by atoms with Gasteiger partial charge in [0.15, 0.2) is 5.65 Å². The van der Waals surface area contributed by atoms with Gasteiger partial charge in [0.2, 0.25) is 18.1 Å². The van der Waals surface area contributed by atoms with Gasteiger partial charge in [0.1, 0.15) is 23.8 Å². The van der Waals surface area contributed by atoms with E-state index in [1.54, 1.807) is 27.9 Å². The van der Waals surface area contributed by atoms with E-state index in [1.807, 2.05) is 17.9 Å². The molecule has 4 aromatic rings. The Balaban J connectivity index is 1.34. The van der Waals surface area contributed by atoms with Crippen LogP contribution in [0.25, 0.3) is 22.6 Å². The molecule has 0 aliphatic carbocycles. The van der Waals surface area contributed by atoms with Crippen molar-refractivity contribution in [1.29, 1.82) is 0 Å². The highest BCUT2D eigenvalue weighted by Gasteiger charge is 2.30. The van der Waals surface area contributed by atoms with Crippen molar-refractivity contribution in [3.05, 3.63) is 47.7 Å². The summed E-state index contributed by atoms with van der Waals surface area (Å²) in [5.41, 5.74) is 1.44. The van der Waals surface area contributed by atoms with Crippen LogP contribution in [0.3, 0.4) is 0 Å². The number of amides is 1. The van der Waals surface area contributed by atoms with E-state index in [0.717, 1.165) is 5.39 Å². The zero-order valence-corrected chi connectivity index (χ0v) is 19.2. The molecule has 3 aromatic heterocycles. The second-order valence-corrected chi connectivity index (χ2v) is 8.36. The number of fused-ring (bicyclic) bond motifs is 1. The predicted molar refractivity (Wildman–Crippen MR) is 122 cm³/mol. The Kier molecular flexibility index (Phi) is 5.78. The first-order valence-corrected chi connectivity index (χ1v) is 11.0. The summed E-state index contributed by atoms with van der Waals surface area (Å²) < 4.78 is 26.2. The Morgan fingerprint density at radius 3 is 2.91 bits per heavy atom. The van der Waals surface area contributed by atoms with Crippen LogP contribution in [-0.4, -0.2) is 68.5 Å². The maximum absolute atomic E-state index is 14.6. The number of nitrogens with zero attached hydrogens (tertiary/aromatic N) is 7. The van der Waals surface area contributed by atoms with Crippen LogP contribution >= 0.6 is 11.6 Å². The number of hydrogen-bond donors (Lipinski definition) is 0. The minimum atomic E-state index is -0.430. The fraction of sp³-hybridized carbons (Fsp3) is 0.318. The number of rotatable bonds is 5. The molecule has 0 bridgehead atoms. The van der Waals surface area contributed by atoms with Crippen molar-refractivity contribution >= 4 is 34.2 Å². The average Bonchev–Trinajstić information content (AvgIpc) is 3.48. The molecule has 5 rings (SSSR count). The Morgan fingerprint density at radius 2 is 2.18 bits per heavy atom. The number of carbonyl (C=O) groups is 1. The number of aromatic nitrogens is 5. The monoisotopic (exact) mass is 485 g/mol. The molecule has 1 fully saturated rings. The molecule has 10 nitrogen and oxygen atoms in total. The second kappa shape index (κ2) is 8.90. The number of pyridine rings is 1. The van der Waals surface area contributed by atoms with Crippen molar-refractivity contribution in [3.8, 4) is 17.3 Å². The Labute approximate surface area is 198 Å². The van der Waals surface area contributed by atoms with Gasteiger partial charge in [-0.2, -0.15) is 10.1 Å². The first kappa shape index (κ1) is 22.1. The molecule has 0 radical (unpaired) electrons. The number of carbonyl (C=O) groups excluding carboxylic acids is 1. The molecule has 1 atom stereocenters. The summed E-state index contributed by atoms with van der Waals surface area (Å²) >= 11 is 6.02. The minimum Gasteiger partial charge on any atom is -0.495 e. The molecule has 1 aromatic carbocycles. The third kappa shape index (κ3) is 3.92. The van der Waals surface area contributed by atoms with Gasteiger partial charge in [-0.25, -0.2) is 14.1 Å². The van der Waals surface area contributed by atoms with E-state index in [0.29, 0.717) is 48.2 Å². The lowest BCUT2D eigenvalue weighted by molar-refractivity contribution is -0.134. The molecule has 176 valence electrons. The lowest BCUT2D eigenvalue weighted by Crippen LogP contribution is -2.55. The largest absolute Gasteiger partial charge is 0.495 e. The molecule has 1 saturated heterocycles. The van der Waals surface area contributed by atoms with Gasteiger partial charge < -0.3 is 19.1 Å². The quantitative estimate of drug-likeness (QED) is 0.425. The molecule has 4 heterocycles. The molecule has 34 heavy (non-hydrogen) atoms.